The number of nitrogens with zero attached hydrogens (tertiary/aromatic N) is 6. The van der Waals surface area contributed by atoms with E-state index in [0.29, 0.717) is 0 Å². The van der Waals surface area contributed by atoms with Crippen LogP contribution < -0.4 is 0 Å². The molecule has 0 N–H and O–H groups in total. The largest absolute Gasteiger partial charge is 0.309 e. The second-order valence-electron chi connectivity index (χ2n) is 12.4. The van der Waals surface area contributed by atoms with Crippen LogP contribution in [0.5, 0.6) is 0 Å². The Morgan fingerprint density at radius 2 is 0.940 bits per heavy atom. The predicted octanol–water partition coefficient (Wildman–Crippen LogP) is 10.5. The molecule has 0 bridgehead atoms. The molecule has 6 heterocycles. The van der Waals surface area contributed by atoms with Gasteiger partial charge in [-0.3, -0.25) is 19.9 Å². The lowest BCUT2D eigenvalue weighted by molar-refractivity contribution is 1.17. The average Bonchev–Trinajstić information content (AvgIpc) is 3.71. The molecule has 0 amide bonds. The molecule has 4 aromatic carbocycles. The summed E-state index contributed by atoms with van der Waals surface area (Å²) < 4.78 is 4.59. The number of rotatable bonds is 5. The van der Waals surface area contributed by atoms with Crippen molar-refractivity contribution in [2.75, 3.05) is 0 Å². The lowest BCUT2D eigenvalue weighted by atomic mass is 10.0. The van der Waals surface area contributed by atoms with Crippen LogP contribution in [0.4, 0.5) is 0 Å². The average molecular weight is 641 g/mol. The van der Waals surface area contributed by atoms with Gasteiger partial charge in [0.2, 0.25) is 0 Å². The smallest absolute Gasteiger partial charge is 0.0963 e. The summed E-state index contributed by atoms with van der Waals surface area (Å²) in [5.41, 5.74) is 13.7. The Bertz CT molecular complexity index is 2560. The fourth-order valence-corrected chi connectivity index (χ4v) is 7.24. The monoisotopic (exact) mass is 640 g/mol. The van der Waals surface area contributed by atoms with Crippen LogP contribution in [0, 0.1) is 0 Å². The van der Waals surface area contributed by atoms with Gasteiger partial charge in [0.25, 0.3) is 0 Å². The SMILES string of the molecule is c1cc(-c2ccc(-c3ccc(-c4cccc(-n5c6ccccc6c6ncccc65)c4)cn3)nc2)cc(-n2c3ccccc3c3cnccc32)c1. The van der Waals surface area contributed by atoms with Gasteiger partial charge in [0.1, 0.15) is 0 Å². The molecule has 0 atom stereocenters. The Morgan fingerprint density at radius 3 is 1.60 bits per heavy atom. The summed E-state index contributed by atoms with van der Waals surface area (Å²) in [6, 6.07) is 48.7. The normalized spacial score (nSPS) is 11.6. The number of hydrogen-bond acceptors (Lipinski definition) is 4. The van der Waals surface area contributed by atoms with E-state index in [1.165, 1.54) is 5.39 Å². The minimum atomic E-state index is 0.831. The fraction of sp³-hybridized carbons (Fsp3) is 0. The van der Waals surface area contributed by atoms with Crippen molar-refractivity contribution in [3.8, 4) is 45.0 Å². The van der Waals surface area contributed by atoms with Crippen LogP contribution in [-0.2, 0) is 0 Å². The summed E-state index contributed by atoms with van der Waals surface area (Å²) in [5, 5.41) is 3.48. The first-order valence-corrected chi connectivity index (χ1v) is 16.6. The van der Waals surface area contributed by atoms with Gasteiger partial charge in [0, 0.05) is 69.6 Å². The van der Waals surface area contributed by atoms with Gasteiger partial charge in [-0.1, -0.05) is 72.8 Å². The number of para-hydroxylation sites is 2. The van der Waals surface area contributed by atoms with Gasteiger partial charge in [-0.2, -0.15) is 0 Å². The maximum atomic E-state index is 4.84. The van der Waals surface area contributed by atoms with Crippen molar-refractivity contribution in [3.05, 3.63) is 171 Å². The fourth-order valence-electron chi connectivity index (χ4n) is 7.24. The van der Waals surface area contributed by atoms with E-state index in [4.69, 9.17) is 15.0 Å². The van der Waals surface area contributed by atoms with Crippen molar-refractivity contribution in [1.82, 2.24) is 29.1 Å². The number of benzene rings is 4. The molecule has 0 radical (unpaired) electrons. The molecule has 10 rings (SSSR count). The third-order valence-corrected chi connectivity index (χ3v) is 9.57. The highest BCUT2D eigenvalue weighted by atomic mass is 15.0. The summed E-state index contributed by atoms with van der Waals surface area (Å²) in [4.78, 5) is 18.8. The minimum absolute atomic E-state index is 0.831. The van der Waals surface area contributed by atoms with Crippen LogP contribution in [0.3, 0.4) is 0 Å². The zero-order valence-corrected chi connectivity index (χ0v) is 26.8. The topological polar surface area (TPSA) is 61.4 Å². The second kappa shape index (κ2) is 11.4. The van der Waals surface area contributed by atoms with E-state index in [1.807, 2.05) is 49.2 Å². The first-order valence-electron chi connectivity index (χ1n) is 16.6. The Hall–Kier alpha value is -6.92. The van der Waals surface area contributed by atoms with Crippen LogP contribution in [0.25, 0.3) is 88.8 Å². The predicted molar refractivity (Wildman–Crippen MR) is 203 cm³/mol. The van der Waals surface area contributed by atoms with E-state index in [0.717, 1.165) is 83.4 Å². The van der Waals surface area contributed by atoms with Crippen LogP contribution >= 0.6 is 0 Å². The zero-order valence-electron chi connectivity index (χ0n) is 26.8. The highest BCUT2D eigenvalue weighted by molar-refractivity contribution is 6.09. The van der Waals surface area contributed by atoms with E-state index in [1.54, 1.807) is 0 Å². The number of pyridine rings is 4. The summed E-state index contributed by atoms with van der Waals surface area (Å²) >= 11 is 0. The maximum absolute atomic E-state index is 4.84. The summed E-state index contributed by atoms with van der Waals surface area (Å²) in [7, 11) is 0. The molecule has 0 unspecified atom stereocenters. The molecule has 50 heavy (non-hydrogen) atoms. The second-order valence-corrected chi connectivity index (χ2v) is 12.4. The molecule has 0 aliphatic carbocycles. The highest BCUT2D eigenvalue weighted by Gasteiger charge is 2.15. The van der Waals surface area contributed by atoms with Crippen LogP contribution in [0.2, 0.25) is 0 Å². The molecular weight excluding hydrogens is 613 g/mol. The van der Waals surface area contributed by atoms with E-state index >= 15 is 0 Å². The van der Waals surface area contributed by atoms with Gasteiger partial charge in [0.05, 0.1) is 39.0 Å². The molecule has 6 heteroatoms. The van der Waals surface area contributed by atoms with Gasteiger partial charge in [-0.05, 0) is 77.9 Å². The van der Waals surface area contributed by atoms with Crippen molar-refractivity contribution in [2.45, 2.75) is 0 Å². The zero-order chi connectivity index (χ0) is 33.0. The number of fused-ring (bicyclic) bond motifs is 6. The third kappa shape index (κ3) is 4.50. The van der Waals surface area contributed by atoms with Crippen molar-refractivity contribution in [2.24, 2.45) is 0 Å². The first-order chi connectivity index (χ1) is 24.8. The lowest BCUT2D eigenvalue weighted by Gasteiger charge is -2.11. The van der Waals surface area contributed by atoms with Crippen molar-refractivity contribution < 1.29 is 0 Å². The van der Waals surface area contributed by atoms with E-state index in [2.05, 4.69) is 135 Å². The molecule has 0 spiro atoms. The molecule has 0 aliphatic heterocycles. The van der Waals surface area contributed by atoms with Gasteiger partial charge in [-0.15, -0.1) is 0 Å². The van der Waals surface area contributed by atoms with Gasteiger partial charge >= 0.3 is 0 Å². The molecule has 0 aliphatic rings. The molecular formula is C44H28N6. The molecule has 0 saturated heterocycles. The van der Waals surface area contributed by atoms with Gasteiger partial charge in [-0.25, -0.2) is 0 Å². The maximum Gasteiger partial charge on any atom is 0.0963 e. The van der Waals surface area contributed by atoms with E-state index in [9.17, 15) is 0 Å². The summed E-state index contributed by atoms with van der Waals surface area (Å²) in [5.74, 6) is 0. The summed E-state index contributed by atoms with van der Waals surface area (Å²) in [6.07, 6.45) is 9.52. The van der Waals surface area contributed by atoms with Gasteiger partial charge in [0.15, 0.2) is 0 Å². The van der Waals surface area contributed by atoms with Crippen molar-refractivity contribution in [1.29, 1.82) is 0 Å². The van der Waals surface area contributed by atoms with Crippen molar-refractivity contribution >= 4 is 43.7 Å². The van der Waals surface area contributed by atoms with Crippen LogP contribution in [-0.4, -0.2) is 29.1 Å². The number of aromatic nitrogens is 6. The molecule has 0 saturated carbocycles. The van der Waals surface area contributed by atoms with E-state index < -0.39 is 0 Å². The minimum Gasteiger partial charge on any atom is -0.309 e. The lowest BCUT2D eigenvalue weighted by Crippen LogP contribution is -1.95. The summed E-state index contributed by atoms with van der Waals surface area (Å²) in [6.45, 7) is 0. The Morgan fingerprint density at radius 1 is 0.360 bits per heavy atom. The molecule has 6 nitrogen and oxygen atoms in total. The van der Waals surface area contributed by atoms with Crippen LogP contribution in [0.15, 0.2) is 171 Å². The standard InChI is InChI=1S/C44H28N6/c1-3-14-40-35(12-1)37-28-45-23-21-42(37)49(40)33-10-5-8-29(24-33)31-17-19-38(47-26-31)39-20-18-32(27-48-39)30-9-6-11-34(25-30)50-41-15-4-2-13-36(41)44-43(50)16-7-22-46-44/h1-28H. The van der Waals surface area contributed by atoms with Crippen LogP contribution in [0.1, 0.15) is 0 Å². The Kier molecular flexibility index (Phi) is 6.39. The molecule has 0 fully saturated rings. The molecule has 6 aromatic heterocycles. The Balaban J connectivity index is 0.949. The van der Waals surface area contributed by atoms with Gasteiger partial charge < -0.3 is 9.13 Å². The third-order valence-electron chi connectivity index (χ3n) is 9.57. The highest BCUT2D eigenvalue weighted by Crippen LogP contribution is 2.34. The Labute approximate surface area is 287 Å². The number of hydrogen-bond donors (Lipinski definition) is 0. The molecule has 234 valence electrons. The van der Waals surface area contributed by atoms with E-state index in [-0.39, 0.29) is 0 Å². The first kappa shape index (κ1) is 28.1. The quantitative estimate of drug-likeness (QED) is 0.188. The molecule has 10 aromatic rings. The van der Waals surface area contributed by atoms with Crippen molar-refractivity contribution in [3.63, 3.8) is 0 Å².